The summed E-state index contributed by atoms with van der Waals surface area (Å²) in [6, 6.07) is 12.1. The van der Waals surface area contributed by atoms with Gasteiger partial charge in [0, 0.05) is 11.9 Å². The van der Waals surface area contributed by atoms with E-state index >= 15 is 0 Å². The normalized spacial score (nSPS) is 19.6. The fourth-order valence-electron chi connectivity index (χ4n) is 2.99. The number of likely N-dealkylation sites (tertiary alicyclic amines) is 1. The number of benzene rings is 1. The van der Waals surface area contributed by atoms with Gasteiger partial charge in [0.25, 0.3) is 0 Å². The zero-order chi connectivity index (χ0) is 14.7. The SMILES string of the molecule is COC(=O)C1CCCCN1Cc1ccc2ccccc2n1. The minimum atomic E-state index is -0.129. The molecule has 21 heavy (non-hydrogen) atoms. The average molecular weight is 284 g/mol. The molecule has 3 rings (SSSR count). The Morgan fingerprint density at radius 3 is 3.00 bits per heavy atom. The van der Waals surface area contributed by atoms with Crippen LogP contribution in [0.2, 0.25) is 0 Å². The van der Waals surface area contributed by atoms with Crippen LogP contribution in [0.4, 0.5) is 0 Å². The summed E-state index contributed by atoms with van der Waals surface area (Å²) >= 11 is 0. The summed E-state index contributed by atoms with van der Waals surface area (Å²) in [6.07, 6.45) is 3.09. The molecule has 2 heterocycles. The average Bonchev–Trinajstić information content (AvgIpc) is 2.54. The van der Waals surface area contributed by atoms with E-state index in [-0.39, 0.29) is 12.0 Å². The summed E-state index contributed by atoms with van der Waals surface area (Å²) in [7, 11) is 1.46. The number of carbonyl (C=O) groups excluding carboxylic acids is 1. The number of hydrogen-bond acceptors (Lipinski definition) is 4. The number of para-hydroxylation sites is 1. The Hall–Kier alpha value is -1.94. The van der Waals surface area contributed by atoms with Gasteiger partial charge in [0.05, 0.1) is 18.3 Å². The molecule has 0 amide bonds. The number of aromatic nitrogens is 1. The number of piperidine rings is 1. The number of pyridine rings is 1. The number of nitrogens with zero attached hydrogens (tertiary/aromatic N) is 2. The first-order chi connectivity index (χ1) is 10.3. The van der Waals surface area contributed by atoms with Crippen molar-refractivity contribution in [1.82, 2.24) is 9.88 Å². The Kier molecular flexibility index (Phi) is 4.15. The smallest absolute Gasteiger partial charge is 0.323 e. The van der Waals surface area contributed by atoms with E-state index in [0.29, 0.717) is 6.54 Å². The van der Waals surface area contributed by atoms with E-state index in [2.05, 4.69) is 17.0 Å². The number of methoxy groups -OCH3 is 1. The van der Waals surface area contributed by atoms with Crippen molar-refractivity contribution in [2.24, 2.45) is 0 Å². The highest BCUT2D eigenvalue weighted by Gasteiger charge is 2.29. The highest BCUT2D eigenvalue weighted by atomic mass is 16.5. The Morgan fingerprint density at radius 1 is 1.29 bits per heavy atom. The Balaban J connectivity index is 1.80. The molecule has 0 aliphatic carbocycles. The molecule has 4 heteroatoms. The number of rotatable bonds is 3. The van der Waals surface area contributed by atoms with Crippen molar-refractivity contribution < 1.29 is 9.53 Å². The van der Waals surface area contributed by atoms with E-state index < -0.39 is 0 Å². The third-order valence-electron chi connectivity index (χ3n) is 4.11. The summed E-state index contributed by atoms with van der Waals surface area (Å²) < 4.78 is 4.93. The van der Waals surface area contributed by atoms with Crippen molar-refractivity contribution in [3.05, 3.63) is 42.1 Å². The molecule has 0 N–H and O–H groups in total. The second-order valence-electron chi connectivity index (χ2n) is 5.50. The van der Waals surface area contributed by atoms with Gasteiger partial charge in [-0.15, -0.1) is 0 Å². The lowest BCUT2D eigenvalue weighted by molar-refractivity contribution is -0.148. The molecule has 0 spiro atoms. The van der Waals surface area contributed by atoms with Gasteiger partial charge in [-0.1, -0.05) is 30.7 Å². The van der Waals surface area contributed by atoms with Gasteiger partial charge in [-0.25, -0.2) is 0 Å². The van der Waals surface area contributed by atoms with Crippen molar-refractivity contribution in [2.75, 3.05) is 13.7 Å². The maximum absolute atomic E-state index is 11.9. The number of ether oxygens (including phenoxy) is 1. The number of esters is 1. The Morgan fingerprint density at radius 2 is 2.14 bits per heavy atom. The molecule has 1 aliphatic rings. The van der Waals surface area contributed by atoms with Crippen LogP contribution in [0.15, 0.2) is 36.4 Å². The lowest BCUT2D eigenvalue weighted by Crippen LogP contribution is -2.44. The van der Waals surface area contributed by atoms with Gasteiger partial charge in [-0.3, -0.25) is 14.7 Å². The standard InChI is InChI=1S/C17H20N2O2/c1-21-17(20)16-8-4-5-11-19(16)12-14-10-9-13-6-2-3-7-15(13)18-14/h2-3,6-7,9-10,16H,4-5,8,11-12H2,1H3. The molecule has 4 nitrogen and oxygen atoms in total. The molecule has 1 aliphatic heterocycles. The number of hydrogen-bond donors (Lipinski definition) is 0. The number of fused-ring (bicyclic) bond motifs is 1. The summed E-state index contributed by atoms with van der Waals surface area (Å²) in [5.41, 5.74) is 2.01. The quantitative estimate of drug-likeness (QED) is 0.813. The fourth-order valence-corrected chi connectivity index (χ4v) is 2.99. The zero-order valence-electron chi connectivity index (χ0n) is 12.3. The summed E-state index contributed by atoms with van der Waals surface area (Å²) in [6.45, 7) is 1.62. The van der Waals surface area contributed by atoms with Crippen molar-refractivity contribution in [3.8, 4) is 0 Å². The van der Waals surface area contributed by atoms with Crippen molar-refractivity contribution >= 4 is 16.9 Å². The van der Waals surface area contributed by atoms with Gasteiger partial charge < -0.3 is 4.74 Å². The van der Waals surface area contributed by atoms with Gasteiger partial charge in [0.2, 0.25) is 0 Å². The molecule has 0 radical (unpaired) electrons. The van der Waals surface area contributed by atoms with Crippen LogP contribution < -0.4 is 0 Å². The molecule has 1 saturated heterocycles. The molecule has 1 fully saturated rings. The first kappa shape index (κ1) is 14.0. The minimum absolute atomic E-state index is 0.128. The van der Waals surface area contributed by atoms with Crippen molar-refractivity contribution in [3.63, 3.8) is 0 Å². The Bertz CT molecular complexity index is 641. The predicted molar refractivity (Wildman–Crippen MR) is 81.8 cm³/mol. The maximum atomic E-state index is 11.9. The molecule has 1 atom stereocenters. The van der Waals surface area contributed by atoms with E-state index in [0.717, 1.165) is 42.4 Å². The fraction of sp³-hybridized carbons (Fsp3) is 0.412. The molecule has 0 saturated carbocycles. The first-order valence-corrected chi connectivity index (χ1v) is 7.44. The van der Waals surface area contributed by atoms with Crippen molar-refractivity contribution in [1.29, 1.82) is 0 Å². The van der Waals surface area contributed by atoms with Gasteiger partial charge in [0.1, 0.15) is 6.04 Å². The zero-order valence-corrected chi connectivity index (χ0v) is 12.3. The van der Waals surface area contributed by atoms with E-state index in [1.54, 1.807) is 0 Å². The summed E-state index contributed by atoms with van der Waals surface area (Å²) in [4.78, 5) is 18.8. The van der Waals surface area contributed by atoms with E-state index in [4.69, 9.17) is 9.72 Å². The maximum Gasteiger partial charge on any atom is 0.323 e. The van der Waals surface area contributed by atoms with Gasteiger partial charge in [-0.05, 0) is 31.5 Å². The van der Waals surface area contributed by atoms with Crippen LogP contribution in [-0.2, 0) is 16.1 Å². The third kappa shape index (κ3) is 3.05. The monoisotopic (exact) mass is 284 g/mol. The van der Waals surface area contributed by atoms with Crippen LogP contribution in [0, 0.1) is 0 Å². The van der Waals surface area contributed by atoms with Gasteiger partial charge in [-0.2, -0.15) is 0 Å². The van der Waals surface area contributed by atoms with Crippen LogP contribution >= 0.6 is 0 Å². The largest absolute Gasteiger partial charge is 0.468 e. The van der Waals surface area contributed by atoms with Crippen LogP contribution in [0.5, 0.6) is 0 Å². The molecule has 1 aromatic heterocycles. The van der Waals surface area contributed by atoms with Crippen molar-refractivity contribution in [2.45, 2.75) is 31.8 Å². The second kappa shape index (κ2) is 6.22. The molecular weight excluding hydrogens is 264 g/mol. The van der Waals surface area contributed by atoms with Crippen LogP contribution in [-0.4, -0.2) is 35.5 Å². The predicted octanol–water partition coefficient (Wildman–Crippen LogP) is 2.76. The lowest BCUT2D eigenvalue weighted by Gasteiger charge is -2.33. The van der Waals surface area contributed by atoms with Crippen LogP contribution in [0.25, 0.3) is 10.9 Å². The molecule has 110 valence electrons. The van der Waals surface area contributed by atoms with E-state index in [1.807, 2.05) is 24.3 Å². The molecule has 0 bridgehead atoms. The molecule has 1 aromatic carbocycles. The number of carbonyl (C=O) groups is 1. The van der Waals surface area contributed by atoms with Crippen LogP contribution in [0.1, 0.15) is 25.0 Å². The molecule has 2 aromatic rings. The summed E-state index contributed by atoms with van der Waals surface area (Å²) in [5, 5.41) is 1.14. The first-order valence-electron chi connectivity index (χ1n) is 7.44. The molecule has 1 unspecified atom stereocenters. The third-order valence-corrected chi connectivity index (χ3v) is 4.11. The summed E-state index contributed by atoms with van der Waals surface area (Å²) in [5.74, 6) is -0.129. The topological polar surface area (TPSA) is 42.4 Å². The highest BCUT2D eigenvalue weighted by Crippen LogP contribution is 2.21. The van der Waals surface area contributed by atoms with E-state index in [9.17, 15) is 4.79 Å². The second-order valence-corrected chi connectivity index (χ2v) is 5.50. The van der Waals surface area contributed by atoms with Crippen LogP contribution in [0.3, 0.4) is 0 Å². The Labute approximate surface area is 124 Å². The minimum Gasteiger partial charge on any atom is -0.468 e. The highest BCUT2D eigenvalue weighted by molar-refractivity contribution is 5.78. The molecular formula is C17H20N2O2. The lowest BCUT2D eigenvalue weighted by atomic mass is 10.0. The van der Waals surface area contributed by atoms with E-state index in [1.165, 1.54) is 7.11 Å². The van der Waals surface area contributed by atoms with Gasteiger partial charge >= 0.3 is 5.97 Å². The van der Waals surface area contributed by atoms with Gasteiger partial charge in [0.15, 0.2) is 0 Å².